The first-order valence-corrected chi connectivity index (χ1v) is 9.77. The number of aryl methyl sites for hydroxylation is 1. The number of benzene rings is 1. The molecule has 0 unspecified atom stereocenters. The zero-order valence-corrected chi connectivity index (χ0v) is 16.9. The topological polar surface area (TPSA) is 83.9 Å². The molecule has 3 aromatic rings. The maximum atomic E-state index is 12.8. The van der Waals surface area contributed by atoms with Crippen LogP contribution in [0.4, 0.5) is 10.5 Å². The molecule has 148 valence electrons. The molecule has 7 heteroatoms. The largest absolute Gasteiger partial charge is 0.322 e. The predicted molar refractivity (Wildman–Crippen MR) is 111 cm³/mol. The van der Waals surface area contributed by atoms with Gasteiger partial charge in [0.15, 0.2) is 0 Å². The highest BCUT2D eigenvalue weighted by Crippen LogP contribution is 2.24. The highest BCUT2D eigenvalue weighted by molar-refractivity contribution is 5.90. The minimum atomic E-state index is -0.149. The summed E-state index contributed by atoms with van der Waals surface area (Å²) < 4.78 is 0. The highest BCUT2D eigenvalue weighted by Gasteiger charge is 2.25. The van der Waals surface area contributed by atoms with Gasteiger partial charge in [0.05, 0.1) is 24.5 Å². The standard InChI is InChI=1S/C22H24N6O/c1-14(2)9-21-24-11-17-12-28(13-20(17)27-21)22(29)26-18-6-4-5-16(10-18)19-7-8-23-15(3)25-19/h4-8,10-11,14H,9,12-13H2,1-3H3,(H,26,29). The summed E-state index contributed by atoms with van der Waals surface area (Å²) in [6.45, 7) is 7.17. The van der Waals surface area contributed by atoms with Gasteiger partial charge in [0.1, 0.15) is 11.6 Å². The molecule has 7 nitrogen and oxygen atoms in total. The van der Waals surface area contributed by atoms with E-state index in [2.05, 4.69) is 39.1 Å². The van der Waals surface area contributed by atoms with Crippen molar-refractivity contribution in [3.63, 3.8) is 0 Å². The van der Waals surface area contributed by atoms with Crippen molar-refractivity contribution in [1.29, 1.82) is 0 Å². The lowest BCUT2D eigenvalue weighted by atomic mass is 10.1. The van der Waals surface area contributed by atoms with Crippen LogP contribution in [0.3, 0.4) is 0 Å². The van der Waals surface area contributed by atoms with Crippen molar-refractivity contribution in [3.05, 3.63) is 65.6 Å². The molecule has 0 bridgehead atoms. The maximum absolute atomic E-state index is 12.8. The van der Waals surface area contributed by atoms with Crippen LogP contribution in [0.5, 0.6) is 0 Å². The van der Waals surface area contributed by atoms with Gasteiger partial charge in [-0.2, -0.15) is 0 Å². The van der Waals surface area contributed by atoms with Gasteiger partial charge in [-0.15, -0.1) is 0 Å². The third-order valence-electron chi connectivity index (χ3n) is 4.77. The van der Waals surface area contributed by atoms with Gasteiger partial charge in [-0.3, -0.25) is 0 Å². The van der Waals surface area contributed by atoms with Crippen LogP contribution < -0.4 is 5.32 Å². The predicted octanol–water partition coefficient (Wildman–Crippen LogP) is 3.99. The van der Waals surface area contributed by atoms with Crippen LogP contribution >= 0.6 is 0 Å². The van der Waals surface area contributed by atoms with E-state index in [1.807, 2.05) is 43.5 Å². The molecule has 1 N–H and O–H groups in total. The second-order valence-electron chi connectivity index (χ2n) is 7.71. The summed E-state index contributed by atoms with van der Waals surface area (Å²) in [5.41, 5.74) is 4.44. The minimum Gasteiger partial charge on any atom is -0.314 e. The summed E-state index contributed by atoms with van der Waals surface area (Å²) >= 11 is 0. The number of hydrogen-bond donors (Lipinski definition) is 1. The zero-order valence-electron chi connectivity index (χ0n) is 16.9. The molecule has 1 aliphatic rings. The lowest BCUT2D eigenvalue weighted by molar-refractivity contribution is 0.212. The van der Waals surface area contributed by atoms with Crippen LogP contribution in [0.25, 0.3) is 11.3 Å². The lowest BCUT2D eigenvalue weighted by Crippen LogP contribution is -2.30. The Hall–Kier alpha value is -3.35. The van der Waals surface area contributed by atoms with Gasteiger partial charge in [0.25, 0.3) is 0 Å². The van der Waals surface area contributed by atoms with Crippen molar-refractivity contribution >= 4 is 11.7 Å². The minimum absolute atomic E-state index is 0.149. The summed E-state index contributed by atoms with van der Waals surface area (Å²) in [6.07, 6.45) is 4.43. The Morgan fingerprint density at radius 1 is 1.17 bits per heavy atom. The Kier molecular flexibility index (Phi) is 5.20. The Morgan fingerprint density at radius 3 is 2.83 bits per heavy atom. The van der Waals surface area contributed by atoms with Crippen molar-refractivity contribution in [3.8, 4) is 11.3 Å². The number of rotatable bonds is 4. The van der Waals surface area contributed by atoms with Gasteiger partial charge in [0, 0.05) is 35.6 Å². The van der Waals surface area contributed by atoms with Gasteiger partial charge in [-0.1, -0.05) is 26.0 Å². The molecular formula is C22H24N6O. The second-order valence-corrected chi connectivity index (χ2v) is 7.71. The molecule has 2 amide bonds. The average molecular weight is 388 g/mol. The normalized spacial score (nSPS) is 12.9. The Balaban J connectivity index is 1.45. The van der Waals surface area contributed by atoms with Gasteiger partial charge in [-0.25, -0.2) is 24.7 Å². The molecule has 0 atom stereocenters. The number of urea groups is 1. The van der Waals surface area contributed by atoms with Crippen LogP contribution in [0.15, 0.2) is 42.7 Å². The number of hydrogen-bond acceptors (Lipinski definition) is 5. The summed E-state index contributed by atoms with van der Waals surface area (Å²) in [5.74, 6) is 2.05. The number of nitrogens with one attached hydrogen (secondary N) is 1. The molecule has 0 saturated heterocycles. The first kappa shape index (κ1) is 19.0. The molecule has 1 aliphatic heterocycles. The Labute approximate surface area is 170 Å². The molecule has 0 spiro atoms. The van der Waals surface area contributed by atoms with Crippen molar-refractivity contribution in [2.45, 2.75) is 40.3 Å². The monoisotopic (exact) mass is 388 g/mol. The smallest absolute Gasteiger partial charge is 0.314 e. The van der Waals surface area contributed by atoms with Crippen LogP contribution in [0, 0.1) is 12.8 Å². The van der Waals surface area contributed by atoms with E-state index in [9.17, 15) is 4.79 Å². The summed E-state index contributed by atoms with van der Waals surface area (Å²) in [6, 6.07) is 9.38. The summed E-state index contributed by atoms with van der Waals surface area (Å²) in [4.78, 5) is 32.2. The molecule has 0 radical (unpaired) electrons. The molecule has 2 aromatic heterocycles. The van der Waals surface area contributed by atoms with E-state index in [-0.39, 0.29) is 6.03 Å². The van der Waals surface area contributed by atoms with Gasteiger partial charge >= 0.3 is 6.03 Å². The van der Waals surface area contributed by atoms with Gasteiger partial charge in [-0.05, 0) is 31.0 Å². The molecule has 4 rings (SSSR count). The molecule has 0 aliphatic carbocycles. The number of amides is 2. The summed E-state index contributed by atoms with van der Waals surface area (Å²) in [5, 5.41) is 2.99. The van der Waals surface area contributed by atoms with Crippen LogP contribution in [0.1, 0.15) is 36.8 Å². The number of carbonyl (C=O) groups excluding carboxylic acids is 1. The molecular weight excluding hydrogens is 364 g/mol. The molecule has 0 fully saturated rings. The average Bonchev–Trinajstić information content (AvgIpc) is 3.11. The van der Waals surface area contributed by atoms with Crippen LogP contribution in [-0.4, -0.2) is 30.9 Å². The van der Waals surface area contributed by atoms with E-state index in [1.54, 1.807) is 11.1 Å². The SMILES string of the molecule is Cc1nccc(-c2cccc(NC(=O)N3Cc4cnc(CC(C)C)nc4C3)c2)n1. The number of aromatic nitrogens is 4. The summed E-state index contributed by atoms with van der Waals surface area (Å²) in [7, 11) is 0. The van der Waals surface area contributed by atoms with Crippen molar-refractivity contribution in [2.24, 2.45) is 5.92 Å². The fraction of sp³-hybridized carbons (Fsp3) is 0.318. The molecule has 1 aromatic carbocycles. The number of fused-ring (bicyclic) bond motifs is 1. The molecule has 3 heterocycles. The molecule has 0 saturated carbocycles. The van der Waals surface area contributed by atoms with Crippen LogP contribution in [-0.2, 0) is 19.5 Å². The quantitative estimate of drug-likeness (QED) is 0.731. The van der Waals surface area contributed by atoms with Crippen molar-refractivity contribution in [1.82, 2.24) is 24.8 Å². The first-order chi connectivity index (χ1) is 14.0. The first-order valence-electron chi connectivity index (χ1n) is 9.77. The molecule has 29 heavy (non-hydrogen) atoms. The van der Waals surface area contributed by atoms with Crippen LogP contribution in [0.2, 0.25) is 0 Å². The van der Waals surface area contributed by atoms with Crippen molar-refractivity contribution < 1.29 is 4.79 Å². The van der Waals surface area contributed by atoms with Crippen molar-refractivity contribution in [2.75, 3.05) is 5.32 Å². The second kappa shape index (κ2) is 7.95. The van der Waals surface area contributed by atoms with Gasteiger partial charge < -0.3 is 10.2 Å². The van der Waals surface area contributed by atoms with E-state index in [0.29, 0.717) is 24.8 Å². The fourth-order valence-corrected chi connectivity index (χ4v) is 3.38. The maximum Gasteiger partial charge on any atom is 0.322 e. The Bertz CT molecular complexity index is 1050. The third kappa shape index (κ3) is 4.39. The van der Waals surface area contributed by atoms with Gasteiger partial charge in [0.2, 0.25) is 0 Å². The van der Waals surface area contributed by atoms with E-state index in [4.69, 9.17) is 0 Å². The zero-order chi connectivity index (χ0) is 20.4. The van der Waals surface area contributed by atoms with E-state index >= 15 is 0 Å². The number of nitrogens with zero attached hydrogens (tertiary/aromatic N) is 5. The lowest BCUT2D eigenvalue weighted by Gasteiger charge is -2.16. The van der Waals surface area contributed by atoms with E-state index < -0.39 is 0 Å². The number of carbonyl (C=O) groups is 1. The fourth-order valence-electron chi connectivity index (χ4n) is 3.38. The van der Waals surface area contributed by atoms with E-state index in [0.717, 1.165) is 40.4 Å². The third-order valence-corrected chi connectivity index (χ3v) is 4.77. The van der Waals surface area contributed by atoms with E-state index in [1.165, 1.54) is 0 Å². The number of anilines is 1. The Morgan fingerprint density at radius 2 is 2.03 bits per heavy atom. The highest BCUT2D eigenvalue weighted by atomic mass is 16.2.